The van der Waals surface area contributed by atoms with E-state index in [1.54, 1.807) is 0 Å². The van der Waals surface area contributed by atoms with Crippen molar-refractivity contribution in [2.45, 2.75) is 45.2 Å². The third-order valence-electron chi connectivity index (χ3n) is 3.60. The SMILES string of the molecule is CC(C)n1cc(Br)cc1C(=O)NC1CCCC1C#N. The number of amides is 1. The highest BCUT2D eigenvalue weighted by Crippen LogP contribution is 2.26. The van der Waals surface area contributed by atoms with Gasteiger partial charge in [-0.05, 0) is 55.1 Å². The van der Waals surface area contributed by atoms with Gasteiger partial charge >= 0.3 is 0 Å². The monoisotopic (exact) mass is 323 g/mol. The van der Waals surface area contributed by atoms with E-state index in [1.165, 1.54) is 0 Å². The number of hydrogen-bond acceptors (Lipinski definition) is 2. The number of nitriles is 1. The summed E-state index contributed by atoms with van der Waals surface area (Å²) >= 11 is 3.40. The van der Waals surface area contributed by atoms with E-state index < -0.39 is 0 Å². The molecule has 1 saturated carbocycles. The lowest BCUT2D eigenvalue weighted by atomic mass is 10.1. The number of carbonyl (C=O) groups excluding carboxylic acids is 1. The maximum Gasteiger partial charge on any atom is 0.268 e. The molecule has 1 N–H and O–H groups in total. The summed E-state index contributed by atoms with van der Waals surface area (Å²) in [5.74, 6) is -0.138. The first-order chi connectivity index (χ1) is 9.02. The summed E-state index contributed by atoms with van der Waals surface area (Å²) in [5.41, 5.74) is 0.644. The zero-order chi connectivity index (χ0) is 14.0. The first-order valence-corrected chi connectivity index (χ1v) is 7.40. The van der Waals surface area contributed by atoms with Gasteiger partial charge in [-0.2, -0.15) is 5.26 Å². The fraction of sp³-hybridized carbons (Fsp3) is 0.571. The molecule has 1 amide bonds. The van der Waals surface area contributed by atoms with Crippen LogP contribution in [0.2, 0.25) is 0 Å². The molecular formula is C14H18BrN3O. The Bertz CT molecular complexity index is 515. The van der Waals surface area contributed by atoms with Gasteiger partial charge in [0.25, 0.3) is 5.91 Å². The Labute approximate surface area is 121 Å². The molecule has 0 saturated heterocycles. The van der Waals surface area contributed by atoms with Crippen molar-refractivity contribution in [1.29, 1.82) is 5.26 Å². The molecule has 1 heterocycles. The quantitative estimate of drug-likeness (QED) is 0.928. The fourth-order valence-electron chi connectivity index (χ4n) is 2.58. The lowest BCUT2D eigenvalue weighted by Crippen LogP contribution is -2.38. The third kappa shape index (κ3) is 3.01. The van der Waals surface area contributed by atoms with Crippen LogP contribution in [0.3, 0.4) is 0 Å². The van der Waals surface area contributed by atoms with Gasteiger partial charge in [0.15, 0.2) is 0 Å². The number of nitrogens with zero attached hydrogens (tertiary/aromatic N) is 2. The van der Waals surface area contributed by atoms with Crippen LogP contribution < -0.4 is 5.32 Å². The summed E-state index contributed by atoms with van der Waals surface area (Å²) < 4.78 is 2.84. The molecule has 1 aliphatic rings. The van der Waals surface area contributed by atoms with Crippen molar-refractivity contribution < 1.29 is 4.79 Å². The van der Waals surface area contributed by atoms with E-state index in [4.69, 9.17) is 5.26 Å². The van der Waals surface area contributed by atoms with Crippen LogP contribution in [0.25, 0.3) is 0 Å². The maximum absolute atomic E-state index is 12.3. The standard InChI is InChI=1S/C14H18BrN3O/c1-9(2)18-8-11(15)6-13(18)14(19)17-12-5-3-4-10(12)7-16/h6,8-10,12H,3-5H2,1-2H3,(H,17,19). The summed E-state index contributed by atoms with van der Waals surface area (Å²) in [6.07, 6.45) is 4.71. The maximum atomic E-state index is 12.3. The van der Waals surface area contributed by atoms with E-state index in [-0.39, 0.29) is 23.9 Å². The van der Waals surface area contributed by atoms with Crippen LogP contribution in [0, 0.1) is 17.2 Å². The molecule has 0 spiro atoms. The summed E-state index contributed by atoms with van der Waals surface area (Å²) in [5, 5.41) is 12.1. The molecule has 19 heavy (non-hydrogen) atoms. The molecular weight excluding hydrogens is 306 g/mol. The molecule has 1 fully saturated rings. The van der Waals surface area contributed by atoms with E-state index in [0.29, 0.717) is 5.69 Å². The summed E-state index contributed by atoms with van der Waals surface area (Å²) in [6.45, 7) is 4.08. The van der Waals surface area contributed by atoms with E-state index in [0.717, 1.165) is 23.7 Å². The smallest absolute Gasteiger partial charge is 0.268 e. The molecule has 4 nitrogen and oxygen atoms in total. The van der Waals surface area contributed by atoms with Crippen LogP contribution in [-0.4, -0.2) is 16.5 Å². The van der Waals surface area contributed by atoms with Crippen molar-refractivity contribution in [3.05, 3.63) is 22.4 Å². The van der Waals surface area contributed by atoms with E-state index >= 15 is 0 Å². The summed E-state index contributed by atoms with van der Waals surface area (Å²) in [7, 11) is 0. The van der Waals surface area contributed by atoms with Gasteiger partial charge in [-0.25, -0.2) is 0 Å². The predicted octanol–water partition coefficient (Wildman–Crippen LogP) is 3.25. The number of carbonyl (C=O) groups is 1. The van der Waals surface area contributed by atoms with Gasteiger partial charge in [0.1, 0.15) is 5.69 Å². The molecule has 1 aromatic rings. The highest BCUT2D eigenvalue weighted by molar-refractivity contribution is 9.10. The molecule has 2 rings (SSSR count). The van der Waals surface area contributed by atoms with Crippen molar-refractivity contribution >= 4 is 21.8 Å². The first-order valence-electron chi connectivity index (χ1n) is 6.60. The Morgan fingerprint density at radius 2 is 2.32 bits per heavy atom. The minimum atomic E-state index is -0.0912. The number of rotatable bonds is 3. The largest absolute Gasteiger partial charge is 0.347 e. The number of hydrogen-bond donors (Lipinski definition) is 1. The van der Waals surface area contributed by atoms with Crippen LogP contribution in [-0.2, 0) is 0 Å². The molecule has 1 aromatic heterocycles. The minimum absolute atomic E-state index is 0.00760. The Kier molecular flexibility index (Phi) is 4.31. The van der Waals surface area contributed by atoms with Crippen molar-refractivity contribution in [2.75, 3.05) is 0 Å². The zero-order valence-corrected chi connectivity index (χ0v) is 12.8. The van der Waals surface area contributed by atoms with Crippen LogP contribution >= 0.6 is 15.9 Å². The number of nitrogens with one attached hydrogen (secondary N) is 1. The summed E-state index contributed by atoms with van der Waals surface area (Å²) in [4.78, 5) is 12.3. The second kappa shape index (κ2) is 5.79. The molecule has 0 aliphatic heterocycles. The highest BCUT2D eigenvalue weighted by atomic mass is 79.9. The van der Waals surface area contributed by atoms with E-state index in [2.05, 4.69) is 27.3 Å². The van der Waals surface area contributed by atoms with Crippen molar-refractivity contribution in [3.63, 3.8) is 0 Å². The second-order valence-corrected chi connectivity index (χ2v) is 6.21. The van der Waals surface area contributed by atoms with Crippen molar-refractivity contribution in [2.24, 2.45) is 5.92 Å². The third-order valence-corrected chi connectivity index (χ3v) is 4.04. The zero-order valence-electron chi connectivity index (χ0n) is 11.2. The van der Waals surface area contributed by atoms with Crippen LogP contribution in [0.15, 0.2) is 16.7 Å². The molecule has 5 heteroatoms. The summed E-state index contributed by atoms with van der Waals surface area (Å²) in [6, 6.07) is 4.32. The second-order valence-electron chi connectivity index (χ2n) is 5.29. The first kappa shape index (κ1) is 14.1. The average molecular weight is 324 g/mol. The van der Waals surface area contributed by atoms with Crippen LogP contribution in [0.1, 0.15) is 49.6 Å². The highest BCUT2D eigenvalue weighted by Gasteiger charge is 2.29. The molecule has 1 aliphatic carbocycles. The van der Waals surface area contributed by atoms with Gasteiger partial charge < -0.3 is 9.88 Å². The molecule has 102 valence electrons. The Morgan fingerprint density at radius 1 is 1.58 bits per heavy atom. The Balaban J connectivity index is 2.14. The van der Waals surface area contributed by atoms with Gasteiger partial charge in [-0.3, -0.25) is 4.79 Å². The molecule has 0 radical (unpaired) electrons. The van der Waals surface area contributed by atoms with Crippen molar-refractivity contribution in [1.82, 2.24) is 9.88 Å². The molecule has 2 atom stereocenters. The molecule has 2 unspecified atom stereocenters. The van der Waals surface area contributed by atoms with E-state index in [9.17, 15) is 4.79 Å². The topological polar surface area (TPSA) is 57.8 Å². The average Bonchev–Trinajstić information content (AvgIpc) is 2.95. The predicted molar refractivity (Wildman–Crippen MR) is 76.7 cm³/mol. The van der Waals surface area contributed by atoms with Crippen LogP contribution in [0.5, 0.6) is 0 Å². The van der Waals surface area contributed by atoms with Gasteiger partial charge in [0.05, 0.1) is 12.0 Å². The van der Waals surface area contributed by atoms with Crippen molar-refractivity contribution in [3.8, 4) is 6.07 Å². The lowest BCUT2D eigenvalue weighted by Gasteiger charge is -2.17. The molecule has 0 aromatic carbocycles. The molecule has 0 bridgehead atoms. The van der Waals surface area contributed by atoms with Gasteiger partial charge in [0.2, 0.25) is 0 Å². The number of halogens is 1. The lowest BCUT2D eigenvalue weighted by molar-refractivity contribution is 0.0922. The fourth-order valence-corrected chi connectivity index (χ4v) is 3.02. The van der Waals surface area contributed by atoms with E-state index in [1.807, 2.05) is 30.7 Å². The van der Waals surface area contributed by atoms with Gasteiger partial charge in [-0.1, -0.05) is 0 Å². The van der Waals surface area contributed by atoms with Gasteiger partial charge in [-0.15, -0.1) is 0 Å². The minimum Gasteiger partial charge on any atom is -0.347 e. The normalized spacial score (nSPS) is 22.5. The Hall–Kier alpha value is -1.28. The van der Waals surface area contributed by atoms with Crippen LogP contribution in [0.4, 0.5) is 0 Å². The Morgan fingerprint density at radius 3 is 2.95 bits per heavy atom. The number of aromatic nitrogens is 1. The van der Waals surface area contributed by atoms with Gasteiger partial charge in [0, 0.05) is 22.8 Å².